The Kier molecular flexibility index (Phi) is 2.26. The number of H-pyrrole nitrogens is 1. The third kappa shape index (κ3) is 1.57. The second-order valence-corrected chi connectivity index (χ2v) is 5.60. The van der Waals surface area contributed by atoms with Gasteiger partial charge in [0.2, 0.25) is 0 Å². The van der Waals surface area contributed by atoms with Crippen LogP contribution in [-0.2, 0) is 4.74 Å². The zero-order chi connectivity index (χ0) is 12.0. The van der Waals surface area contributed by atoms with E-state index < -0.39 is 0 Å². The Morgan fingerprint density at radius 3 is 3.12 bits per heavy atom. The van der Waals surface area contributed by atoms with Gasteiger partial charge in [0.15, 0.2) is 0 Å². The topological polar surface area (TPSA) is 58.2 Å². The molecule has 0 radical (unpaired) electrons. The van der Waals surface area contributed by atoms with Crippen molar-refractivity contribution in [2.75, 3.05) is 19.8 Å². The van der Waals surface area contributed by atoms with Crippen LogP contribution in [0.15, 0.2) is 12.5 Å². The van der Waals surface area contributed by atoms with Crippen LogP contribution in [0.5, 0.6) is 0 Å². The molecule has 5 nitrogen and oxygen atoms in total. The molecular formula is C12H17N3O2. The van der Waals surface area contributed by atoms with Crippen LogP contribution in [0.3, 0.4) is 0 Å². The number of likely N-dealkylation sites (tertiary alicyclic amines) is 1. The van der Waals surface area contributed by atoms with Gasteiger partial charge in [0, 0.05) is 12.5 Å². The maximum atomic E-state index is 12.3. The van der Waals surface area contributed by atoms with Crippen LogP contribution in [0.4, 0.5) is 0 Å². The second-order valence-electron chi connectivity index (χ2n) is 5.60. The van der Waals surface area contributed by atoms with Crippen molar-refractivity contribution in [3.8, 4) is 0 Å². The lowest BCUT2D eigenvalue weighted by molar-refractivity contribution is 0.0660. The number of hydrogen-bond donors (Lipinski definition) is 1. The molecule has 0 saturated carbocycles. The van der Waals surface area contributed by atoms with E-state index in [1.165, 1.54) is 6.33 Å². The van der Waals surface area contributed by atoms with Crippen LogP contribution < -0.4 is 0 Å². The summed E-state index contributed by atoms with van der Waals surface area (Å²) in [4.78, 5) is 21.1. The van der Waals surface area contributed by atoms with Gasteiger partial charge in [0.25, 0.3) is 5.91 Å². The van der Waals surface area contributed by atoms with Crippen molar-refractivity contribution in [1.29, 1.82) is 0 Å². The van der Waals surface area contributed by atoms with Crippen LogP contribution in [0.2, 0.25) is 0 Å². The van der Waals surface area contributed by atoms with E-state index in [2.05, 4.69) is 23.8 Å². The summed E-state index contributed by atoms with van der Waals surface area (Å²) in [5, 5.41) is 0. The lowest BCUT2D eigenvalue weighted by atomic mass is 9.80. The summed E-state index contributed by atoms with van der Waals surface area (Å²) < 4.78 is 5.53. The summed E-state index contributed by atoms with van der Waals surface area (Å²) >= 11 is 0. The van der Waals surface area contributed by atoms with E-state index in [-0.39, 0.29) is 17.4 Å². The van der Waals surface area contributed by atoms with E-state index in [4.69, 9.17) is 4.74 Å². The molecule has 0 spiro atoms. The van der Waals surface area contributed by atoms with Gasteiger partial charge in [-0.15, -0.1) is 0 Å². The lowest BCUT2D eigenvalue weighted by Gasteiger charge is -2.23. The summed E-state index contributed by atoms with van der Waals surface area (Å²) in [6, 6.07) is 0.223. The zero-order valence-corrected chi connectivity index (χ0v) is 10.1. The fourth-order valence-electron chi connectivity index (χ4n) is 3.02. The van der Waals surface area contributed by atoms with E-state index >= 15 is 0 Å². The van der Waals surface area contributed by atoms with Crippen molar-refractivity contribution >= 4 is 5.91 Å². The quantitative estimate of drug-likeness (QED) is 0.787. The molecule has 2 saturated heterocycles. The van der Waals surface area contributed by atoms with Crippen molar-refractivity contribution in [2.24, 2.45) is 11.3 Å². The molecule has 2 aliphatic rings. The van der Waals surface area contributed by atoms with Gasteiger partial charge in [0.05, 0.1) is 31.8 Å². The number of carbonyl (C=O) groups is 1. The second kappa shape index (κ2) is 3.57. The van der Waals surface area contributed by atoms with E-state index in [0.717, 1.165) is 13.2 Å². The van der Waals surface area contributed by atoms with Crippen molar-refractivity contribution in [3.05, 3.63) is 18.2 Å². The molecule has 0 aliphatic carbocycles. The molecule has 0 aromatic carbocycles. The molecule has 1 aromatic rings. The first-order valence-corrected chi connectivity index (χ1v) is 5.97. The Labute approximate surface area is 100 Å². The highest BCUT2D eigenvalue weighted by Gasteiger charge is 2.51. The van der Waals surface area contributed by atoms with E-state index in [0.29, 0.717) is 18.2 Å². The number of fused-ring (bicyclic) bond motifs is 1. The highest BCUT2D eigenvalue weighted by Crippen LogP contribution is 2.43. The molecule has 0 unspecified atom stereocenters. The highest BCUT2D eigenvalue weighted by atomic mass is 16.5. The van der Waals surface area contributed by atoms with Crippen LogP contribution in [0.25, 0.3) is 0 Å². The minimum atomic E-state index is 0.0357. The van der Waals surface area contributed by atoms with Crippen molar-refractivity contribution in [1.82, 2.24) is 14.9 Å². The largest absolute Gasteiger partial charge is 0.379 e. The predicted molar refractivity (Wildman–Crippen MR) is 61.5 cm³/mol. The van der Waals surface area contributed by atoms with E-state index in [1.54, 1.807) is 6.20 Å². The Morgan fingerprint density at radius 2 is 2.41 bits per heavy atom. The number of imidazole rings is 1. The molecule has 92 valence electrons. The van der Waals surface area contributed by atoms with E-state index in [1.807, 2.05) is 4.90 Å². The average Bonchev–Trinajstić information content (AvgIpc) is 2.96. The fraction of sp³-hybridized carbons (Fsp3) is 0.667. The summed E-state index contributed by atoms with van der Waals surface area (Å²) in [7, 11) is 0. The molecule has 0 bridgehead atoms. The zero-order valence-electron chi connectivity index (χ0n) is 10.1. The van der Waals surface area contributed by atoms with Crippen molar-refractivity contribution < 1.29 is 9.53 Å². The molecule has 1 amide bonds. The summed E-state index contributed by atoms with van der Waals surface area (Å²) in [6.45, 7) is 6.64. The molecule has 1 aromatic heterocycles. The van der Waals surface area contributed by atoms with Gasteiger partial charge < -0.3 is 14.6 Å². The normalized spacial score (nSPS) is 30.6. The minimum Gasteiger partial charge on any atom is -0.379 e. The molecule has 3 heterocycles. The van der Waals surface area contributed by atoms with Gasteiger partial charge >= 0.3 is 0 Å². The molecule has 3 rings (SSSR count). The Bertz CT molecular complexity index is 427. The summed E-state index contributed by atoms with van der Waals surface area (Å²) in [6.07, 6.45) is 3.12. The summed E-state index contributed by atoms with van der Waals surface area (Å²) in [5.74, 6) is 0.489. The number of ether oxygens (including phenoxy) is 1. The number of nitrogens with one attached hydrogen (secondary N) is 1. The molecule has 5 heteroatoms. The molecule has 2 fully saturated rings. The van der Waals surface area contributed by atoms with Gasteiger partial charge in [-0.05, 0) is 5.41 Å². The van der Waals surface area contributed by atoms with Gasteiger partial charge in [0.1, 0.15) is 5.69 Å². The third-order valence-electron chi connectivity index (χ3n) is 4.02. The van der Waals surface area contributed by atoms with E-state index in [9.17, 15) is 4.79 Å². The Hall–Kier alpha value is -1.36. The van der Waals surface area contributed by atoms with Crippen molar-refractivity contribution in [2.45, 2.75) is 19.9 Å². The molecule has 17 heavy (non-hydrogen) atoms. The number of amides is 1. The van der Waals surface area contributed by atoms with Crippen LogP contribution in [0, 0.1) is 11.3 Å². The summed E-state index contributed by atoms with van der Waals surface area (Å²) in [5.41, 5.74) is 0.699. The molecule has 2 atom stereocenters. The van der Waals surface area contributed by atoms with Crippen molar-refractivity contribution in [3.63, 3.8) is 0 Å². The SMILES string of the molecule is CC1(C)CN(C(=O)c2cnc[nH]2)[C@@H]2COC[C@@H]21. The first kappa shape index (κ1) is 10.8. The van der Waals surface area contributed by atoms with Crippen LogP contribution >= 0.6 is 0 Å². The molecule has 1 N–H and O–H groups in total. The van der Waals surface area contributed by atoms with Crippen LogP contribution in [-0.4, -0.2) is 46.6 Å². The highest BCUT2D eigenvalue weighted by molar-refractivity contribution is 5.92. The van der Waals surface area contributed by atoms with Gasteiger partial charge in [-0.1, -0.05) is 13.8 Å². The maximum Gasteiger partial charge on any atom is 0.272 e. The minimum absolute atomic E-state index is 0.0357. The molecule has 2 aliphatic heterocycles. The van der Waals surface area contributed by atoms with Gasteiger partial charge in [-0.2, -0.15) is 0 Å². The number of aromatic amines is 1. The number of carbonyl (C=O) groups excluding carboxylic acids is 1. The maximum absolute atomic E-state index is 12.3. The number of nitrogens with zero attached hydrogens (tertiary/aromatic N) is 2. The third-order valence-corrected chi connectivity index (χ3v) is 4.02. The fourth-order valence-corrected chi connectivity index (χ4v) is 3.02. The average molecular weight is 235 g/mol. The van der Waals surface area contributed by atoms with Gasteiger partial charge in [-0.25, -0.2) is 4.98 Å². The number of aromatic nitrogens is 2. The Morgan fingerprint density at radius 1 is 1.59 bits per heavy atom. The number of rotatable bonds is 1. The first-order chi connectivity index (χ1) is 8.09. The Balaban J connectivity index is 1.87. The first-order valence-electron chi connectivity index (χ1n) is 5.97. The van der Waals surface area contributed by atoms with Crippen LogP contribution in [0.1, 0.15) is 24.3 Å². The van der Waals surface area contributed by atoms with Gasteiger partial charge in [-0.3, -0.25) is 4.79 Å². The monoisotopic (exact) mass is 235 g/mol. The smallest absolute Gasteiger partial charge is 0.272 e. The number of hydrogen-bond acceptors (Lipinski definition) is 3. The molecular weight excluding hydrogens is 218 g/mol. The predicted octanol–water partition coefficient (Wildman–Crippen LogP) is 0.907. The standard InChI is InChI=1S/C12H17N3O2/c1-12(2)6-15(10-5-17-4-8(10)12)11(16)9-3-13-7-14-9/h3,7-8,10H,4-6H2,1-2H3,(H,13,14)/t8-,10+/m0/s1. The lowest BCUT2D eigenvalue weighted by Crippen LogP contribution is -2.38.